The quantitative estimate of drug-likeness (QED) is 0.448. The first-order valence-electron chi connectivity index (χ1n) is 12.2. The van der Waals surface area contributed by atoms with Gasteiger partial charge in [-0.25, -0.2) is 4.98 Å². The van der Waals surface area contributed by atoms with E-state index in [2.05, 4.69) is 27.7 Å². The van der Waals surface area contributed by atoms with Crippen LogP contribution in [-0.2, 0) is 11.3 Å². The van der Waals surface area contributed by atoms with E-state index in [-0.39, 0.29) is 5.92 Å². The van der Waals surface area contributed by atoms with E-state index in [4.69, 9.17) is 14.5 Å². The molecule has 6 heteroatoms. The first kappa shape index (κ1) is 21.8. The van der Waals surface area contributed by atoms with Gasteiger partial charge in [-0.1, -0.05) is 37.5 Å². The predicted octanol–water partition coefficient (Wildman–Crippen LogP) is 5.16. The Hall–Kier alpha value is -3.02. The number of likely N-dealkylation sites (tertiary alicyclic amines) is 1. The van der Waals surface area contributed by atoms with Crippen LogP contribution in [-0.4, -0.2) is 46.7 Å². The SMILES string of the molecule is COc1cccc(OCCCn2c(C3CC(=O)N(C4CCCCC4)C3)nc3ccccc32)c1. The molecule has 6 nitrogen and oxygen atoms in total. The maximum absolute atomic E-state index is 12.9. The molecule has 1 aliphatic heterocycles. The van der Waals surface area contributed by atoms with Crippen LogP contribution in [0.1, 0.15) is 56.7 Å². The van der Waals surface area contributed by atoms with Gasteiger partial charge in [0.25, 0.3) is 0 Å². The number of rotatable bonds is 8. The molecule has 1 unspecified atom stereocenters. The molecule has 3 aromatic rings. The van der Waals surface area contributed by atoms with Crippen molar-refractivity contribution in [3.63, 3.8) is 0 Å². The molecule has 1 saturated heterocycles. The Morgan fingerprint density at radius 2 is 1.85 bits per heavy atom. The number of aryl methyl sites for hydroxylation is 1. The fraction of sp³-hybridized carbons (Fsp3) is 0.481. The Morgan fingerprint density at radius 3 is 2.70 bits per heavy atom. The van der Waals surface area contributed by atoms with Crippen molar-refractivity contribution >= 4 is 16.9 Å². The summed E-state index contributed by atoms with van der Waals surface area (Å²) in [6, 6.07) is 16.4. The van der Waals surface area contributed by atoms with E-state index in [1.54, 1.807) is 7.11 Å². The van der Waals surface area contributed by atoms with Crippen molar-refractivity contribution in [2.24, 2.45) is 0 Å². The average molecular weight is 448 g/mol. The molecule has 33 heavy (non-hydrogen) atoms. The summed E-state index contributed by atoms with van der Waals surface area (Å²) in [5.41, 5.74) is 2.14. The van der Waals surface area contributed by atoms with E-state index in [1.807, 2.05) is 30.3 Å². The molecular weight excluding hydrogens is 414 g/mol. The molecule has 5 rings (SSSR count). The summed E-state index contributed by atoms with van der Waals surface area (Å²) in [7, 11) is 1.66. The fourth-order valence-electron chi connectivity index (χ4n) is 5.39. The Bertz CT molecular complexity index is 1100. The van der Waals surface area contributed by atoms with E-state index in [0.717, 1.165) is 60.7 Å². The molecule has 174 valence electrons. The van der Waals surface area contributed by atoms with Gasteiger partial charge in [-0.15, -0.1) is 0 Å². The minimum absolute atomic E-state index is 0.158. The van der Waals surface area contributed by atoms with Crippen molar-refractivity contribution in [3.8, 4) is 11.5 Å². The molecule has 2 aromatic carbocycles. The highest BCUT2D eigenvalue weighted by atomic mass is 16.5. The molecule has 0 radical (unpaired) electrons. The maximum Gasteiger partial charge on any atom is 0.223 e. The van der Waals surface area contributed by atoms with Crippen LogP contribution in [0.25, 0.3) is 11.0 Å². The van der Waals surface area contributed by atoms with Gasteiger partial charge >= 0.3 is 0 Å². The third-order valence-corrected chi connectivity index (χ3v) is 7.06. The summed E-state index contributed by atoms with van der Waals surface area (Å²) in [4.78, 5) is 20.1. The zero-order chi connectivity index (χ0) is 22.6. The van der Waals surface area contributed by atoms with Gasteiger partial charge in [-0.05, 0) is 43.5 Å². The predicted molar refractivity (Wildman–Crippen MR) is 129 cm³/mol. The zero-order valence-corrected chi connectivity index (χ0v) is 19.4. The lowest BCUT2D eigenvalue weighted by Gasteiger charge is -2.31. The number of carbonyl (C=O) groups is 1. The van der Waals surface area contributed by atoms with E-state index < -0.39 is 0 Å². The van der Waals surface area contributed by atoms with Gasteiger partial charge < -0.3 is 18.9 Å². The van der Waals surface area contributed by atoms with Gasteiger partial charge in [-0.2, -0.15) is 0 Å². The number of methoxy groups -OCH3 is 1. The van der Waals surface area contributed by atoms with E-state index in [1.165, 1.54) is 19.3 Å². The Morgan fingerprint density at radius 1 is 1.03 bits per heavy atom. The zero-order valence-electron chi connectivity index (χ0n) is 19.4. The first-order valence-corrected chi connectivity index (χ1v) is 12.2. The molecule has 0 N–H and O–H groups in total. The van der Waals surface area contributed by atoms with Gasteiger partial charge in [0.05, 0.1) is 24.8 Å². The van der Waals surface area contributed by atoms with E-state index in [9.17, 15) is 4.79 Å². The Kier molecular flexibility index (Phi) is 6.51. The molecule has 1 aromatic heterocycles. The van der Waals surface area contributed by atoms with Gasteiger partial charge in [0, 0.05) is 37.5 Å². The molecule has 2 heterocycles. The number of hydrogen-bond donors (Lipinski definition) is 0. The van der Waals surface area contributed by atoms with Crippen LogP contribution in [0, 0.1) is 0 Å². The molecule has 0 spiro atoms. The topological polar surface area (TPSA) is 56.6 Å². The molecule has 1 amide bonds. The highest BCUT2D eigenvalue weighted by Crippen LogP contribution is 2.34. The van der Waals surface area contributed by atoms with E-state index >= 15 is 0 Å². The average Bonchev–Trinajstić information content (AvgIpc) is 3.43. The minimum Gasteiger partial charge on any atom is -0.497 e. The van der Waals surface area contributed by atoms with Crippen molar-refractivity contribution in [2.75, 3.05) is 20.3 Å². The standard InChI is InChI=1S/C27H33N3O3/c1-32-22-11-7-12-23(18-22)33-16-8-15-29-25-14-6-5-13-24(25)28-27(29)20-17-26(31)30(19-20)21-9-3-2-4-10-21/h5-7,11-14,18,20-21H,2-4,8-10,15-17,19H2,1H3. The van der Waals surface area contributed by atoms with Crippen LogP contribution in [0.4, 0.5) is 0 Å². The number of ether oxygens (including phenoxy) is 2. The fourth-order valence-corrected chi connectivity index (χ4v) is 5.39. The Labute approximate surface area is 195 Å². The summed E-state index contributed by atoms with van der Waals surface area (Å²) in [6.07, 6.45) is 7.51. The second-order valence-corrected chi connectivity index (χ2v) is 9.23. The van der Waals surface area contributed by atoms with Gasteiger partial charge in [0.1, 0.15) is 17.3 Å². The number of imidazole rings is 1. The second-order valence-electron chi connectivity index (χ2n) is 9.23. The molecule has 1 atom stereocenters. The van der Waals surface area contributed by atoms with Crippen molar-refractivity contribution < 1.29 is 14.3 Å². The Balaban J connectivity index is 1.29. The largest absolute Gasteiger partial charge is 0.497 e. The normalized spacial score (nSPS) is 19.4. The monoisotopic (exact) mass is 447 g/mol. The summed E-state index contributed by atoms with van der Waals surface area (Å²) in [5.74, 6) is 3.11. The lowest BCUT2D eigenvalue weighted by Crippen LogP contribution is -2.37. The number of carbonyl (C=O) groups excluding carboxylic acids is 1. The minimum atomic E-state index is 0.158. The third-order valence-electron chi connectivity index (χ3n) is 7.06. The number of benzene rings is 2. The summed E-state index contributed by atoms with van der Waals surface area (Å²) in [5, 5.41) is 0. The summed E-state index contributed by atoms with van der Waals surface area (Å²) < 4.78 is 13.6. The number of para-hydroxylation sites is 2. The van der Waals surface area contributed by atoms with Crippen molar-refractivity contribution in [1.82, 2.24) is 14.5 Å². The summed E-state index contributed by atoms with van der Waals surface area (Å²) in [6.45, 7) is 2.22. The number of fused-ring (bicyclic) bond motifs is 1. The molecule has 2 fully saturated rings. The highest BCUT2D eigenvalue weighted by Gasteiger charge is 2.37. The number of hydrogen-bond acceptors (Lipinski definition) is 4. The van der Waals surface area contributed by atoms with Gasteiger partial charge in [0.15, 0.2) is 0 Å². The van der Waals surface area contributed by atoms with Crippen LogP contribution in [0.2, 0.25) is 0 Å². The first-order chi connectivity index (χ1) is 16.2. The van der Waals surface area contributed by atoms with Crippen LogP contribution >= 0.6 is 0 Å². The number of amides is 1. The molecular formula is C27H33N3O3. The van der Waals surface area contributed by atoms with Gasteiger partial charge in [0.2, 0.25) is 5.91 Å². The van der Waals surface area contributed by atoms with Crippen LogP contribution < -0.4 is 9.47 Å². The van der Waals surface area contributed by atoms with Crippen LogP contribution in [0.5, 0.6) is 11.5 Å². The van der Waals surface area contributed by atoms with Crippen LogP contribution in [0.15, 0.2) is 48.5 Å². The molecule has 1 saturated carbocycles. The lowest BCUT2D eigenvalue weighted by atomic mass is 9.94. The lowest BCUT2D eigenvalue weighted by molar-refractivity contribution is -0.130. The molecule has 0 bridgehead atoms. The maximum atomic E-state index is 12.9. The third kappa shape index (κ3) is 4.70. The van der Waals surface area contributed by atoms with Crippen molar-refractivity contribution in [2.45, 2.75) is 63.5 Å². The second kappa shape index (κ2) is 9.86. The van der Waals surface area contributed by atoms with Crippen molar-refractivity contribution in [1.29, 1.82) is 0 Å². The highest BCUT2D eigenvalue weighted by molar-refractivity contribution is 5.81. The number of aromatic nitrogens is 2. The molecule has 1 aliphatic carbocycles. The summed E-state index contributed by atoms with van der Waals surface area (Å²) >= 11 is 0. The smallest absolute Gasteiger partial charge is 0.223 e. The molecule has 2 aliphatic rings. The van der Waals surface area contributed by atoms with Gasteiger partial charge in [-0.3, -0.25) is 4.79 Å². The van der Waals surface area contributed by atoms with Crippen LogP contribution in [0.3, 0.4) is 0 Å². The van der Waals surface area contributed by atoms with Crippen molar-refractivity contribution in [3.05, 3.63) is 54.4 Å². The number of nitrogens with zero attached hydrogens (tertiary/aromatic N) is 3. The van der Waals surface area contributed by atoms with E-state index in [0.29, 0.717) is 25.0 Å².